The number of fused-ring (bicyclic) bond motifs is 1. The molecule has 162 valence electrons. The van der Waals surface area contributed by atoms with Crippen LogP contribution in [-0.2, 0) is 27.2 Å². The molecule has 0 aliphatic carbocycles. The van der Waals surface area contributed by atoms with E-state index in [1.807, 2.05) is 23.6 Å². The largest absolute Gasteiger partial charge is 0.466 e. The van der Waals surface area contributed by atoms with Crippen LogP contribution in [-0.4, -0.2) is 48.9 Å². The number of aryl methyl sites for hydroxylation is 2. The van der Waals surface area contributed by atoms with Crippen molar-refractivity contribution in [1.29, 1.82) is 5.26 Å². The van der Waals surface area contributed by atoms with Gasteiger partial charge in [0, 0.05) is 23.3 Å². The minimum atomic E-state index is -0.464. The number of likely N-dealkylation sites (N-methyl/N-ethyl adjacent to an activating group) is 1. The molecule has 2 heterocycles. The number of hydrogen-bond donors (Lipinski definition) is 0. The Balaban J connectivity index is 1.83. The number of nitrogens with zero attached hydrogens (tertiary/aromatic N) is 3. The van der Waals surface area contributed by atoms with Crippen molar-refractivity contribution >= 4 is 34.8 Å². The lowest BCUT2D eigenvalue weighted by Crippen LogP contribution is -2.44. The van der Waals surface area contributed by atoms with E-state index >= 15 is 0 Å². The minimum absolute atomic E-state index is 0.0329. The van der Waals surface area contributed by atoms with Crippen LogP contribution < -0.4 is 4.90 Å². The number of ether oxygens (including phenoxy) is 1. The molecule has 1 aliphatic rings. The number of esters is 1. The van der Waals surface area contributed by atoms with Crippen molar-refractivity contribution in [3.63, 3.8) is 0 Å². The van der Waals surface area contributed by atoms with Crippen molar-refractivity contribution in [1.82, 2.24) is 4.90 Å². The second-order valence-corrected chi connectivity index (χ2v) is 8.50. The summed E-state index contributed by atoms with van der Waals surface area (Å²) < 4.78 is 5.00. The average molecular weight is 440 g/mol. The van der Waals surface area contributed by atoms with E-state index in [0.29, 0.717) is 23.2 Å². The van der Waals surface area contributed by atoms with Crippen molar-refractivity contribution in [3.8, 4) is 6.07 Å². The summed E-state index contributed by atoms with van der Waals surface area (Å²) in [5, 5.41) is 10.8. The third-order valence-electron chi connectivity index (χ3n) is 5.34. The van der Waals surface area contributed by atoms with Gasteiger partial charge >= 0.3 is 5.97 Å². The smallest absolute Gasteiger partial charge is 0.307 e. The van der Waals surface area contributed by atoms with Crippen molar-refractivity contribution in [3.05, 3.63) is 51.2 Å². The molecule has 0 saturated carbocycles. The predicted molar refractivity (Wildman–Crippen MR) is 118 cm³/mol. The zero-order chi connectivity index (χ0) is 22.5. The van der Waals surface area contributed by atoms with E-state index in [1.165, 1.54) is 9.80 Å². The third kappa shape index (κ3) is 5.12. The van der Waals surface area contributed by atoms with Gasteiger partial charge in [-0.15, -0.1) is 11.3 Å². The molecule has 7 nitrogen and oxygen atoms in total. The fourth-order valence-electron chi connectivity index (χ4n) is 3.58. The van der Waals surface area contributed by atoms with E-state index < -0.39 is 12.0 Å². The van der Waals surface area contributed by atoms with Gasteiger partial charge < -0.3 is 14.5 Å². The van der Waals surface area contributed by atoms with Gasteiger partial charge in [-0.2, -0.15) is 5.26 Å². The van der Waals surface area contributed by atoms with E-state index in [1.54, 1.807) is 38.3 Å². The topological polar surface area (TPSA) is 90.7 Å². The molecule has 0 bridgehead atoms. The highest BCUT2D eigenvalue weighted by molar-refractivity contribution is 7.10. The first kappa shape index (κ1) is 22.5. The Labute approximate surface area is 185 Å². The molecule has 0 N–H and O–H groups in total. The van der Waals surface area contributed by atoms with Crippen molar-refractivity contribution in [2.45, 2.75) is 39.2 Å². The number of anilines is 1. The van der Waals surface area contributed by atoms with Gasteiger partial charge in [-0.05, 0) is 50.5 Å². The van der Waals surface area contributed by atoms with Crippen molar-refractivity contribution in [2.24, 2.45) is 0 Å². The molecule has 1 unspecified atom stereocenters. The summed E-state index contributed by atoms with van der Waals surface area (Å²) in [6.45, 7) is 3.66. The Morgan fingerprint density at radius 3 is 2.74 bits per heavy atom. The van der Waals surface area contributed by atoms with Crippen LogP contribution in [0.4, 0.5) is 5.69 Å². The van der Waals surface area contributed by atoms with Gasteiger partial charge in [0.2, 0.25) is 5.91 Å². The maximum absolute atomic E-state index is 13.3. The molecule has 0 fully saturated rings. The van der Waals surface area contributed by atoms with Gasteiger partial charge in [-0.1, -0.05) is 6.07 Å². The third-order valence-corrected chi connectivity index (χ3v) is 6.33. The lowest BCUT2D eigenvalue weighted by atomic mass is 10.0. The second-order valence-electron chi connectivity index (χ2n) is 7.51. The number of nitriles is 1. The molecular formula is C23H25N3O4S. The van der Waals surface area contributed by atoms with Crippen molar-refractivity contribution in [2.75, 3.05) is 25.1 Å². The molecule has 1 aliphatic heterocycles. The molecule has 3 rings (SSSR count). The number of carbonyl (C=O) groups excluding carboxylic acids is 3. The Kier molecular flexibility index (Phi) is 7.08. The number of benzene rings is 1. The van der Waals surface area contributed by atoms with Gasteiger partial charge in [0.15, 0.2) is 0 Å². The molecular weight excluding hydrogens is 414 g/mol. The van der Waals surface area contributed by atoms with Crippen LogP contribution in [0, 0.1) is 11.3 Å². The Morgan fingerprint density at radius 2 is 2.06 bits per heavy atom. The van der Waals surface area contributed by atoms with Gasteiger partial charge in [-0.25, -0.2) is 0 Å². The second kappa shape index (κ2) is 9.75. The summed E-state index contributed by atoms with van der Waals surface area (Å²) in [6, 6.07) is 9.10. The Morgan fingerprint density at radius 1 is 1.29 bits per heavy atom. The standard InChI is InChI=1S/C23H25N3O4S/c1-4-30-22(28)9-15(2)26-13-21(27)25(3)20-8-6-16(11-19(20)23(26)29)5-7-18-10-17(12-24)14-31-18/h6,8,10-11,14-15H,4-5,7,9,13H2,1-3H3. The molecule has 31 heavy (non-hydrogen) atoms. The zero-order valence-electron chi connectivity index (χ0n) is 17.9. The van der Waals surface area contributed by atoms with E-state index in [2.05, 4.69) is 6.07 Å². The SMILES string of the molecule is CCOC(=O)CC(C)N1CC(=O)N(C)c2ccc(CCc3cc(C#N)cs3)cc2C1=O. The van der Waals surface area contributed by atoms with E-state index in [9.17, 15) is 14.4 Å². The highest BCUT2D eigenvalue weighted by Gasteiger charge is 2.33. The Hall–Kier alpha value is -3.18. The summed E-state index contributed by atoms with van der Waals surface area (Å²) in [5.74, 6) is -0.873. The molecule has 2 aromatic rings. The molecule has 0 spiro atoms. The molecule has 1 aromatic heterocycles. The fraction of sp³-hybridized carbons (Fsp3) is 0.391. The quantitative estimate of drug-likeness (QED) is 0.618. The average Bonchev–Trinajstić information content (AvgIpc) is 3.19. The van der Waals surface area contributed by atoms with E-state index in [4.69, 9.17) is 10.00 Å². The van der Waals surface area contributed by atoms with Crippen LogP contribution in [0.5, 0.6) is 0 Å². The first-order chi connectivity index (χ1) is 14.8. The molecule has 8 heteroatoms. The Bertz CT molecular complexity index is 1040. The molecule has 0 radical (unpaired) electrons. The monoisotopic (exact) mass is 439 g/mol. The van der Waals surface area contributed by atoms with Crippen LogP contribution in [0.3, 0.4) is 0 Å². The minimum Gasteiger partial charge on any atom is -0.466 e. The van der Waals surface area contributed by atoms with E-state index in [0.717, 1.165) is 16.9 Å². The van der Waals surface area contributed by atoms with Crippen LogP contribution in [0.1, 0.15) is 46.6 Å². The first-order valence-electron chi connectivity index (χ1n) is 10.2. The summed E-state index contributed by atoms with van der Waals surface area (Å²) in [7, 11) is 1.66. The van der Waals surface area contributed by atoms with Gasteiger partial charge in [0.05, 0.1) is 35.9 Å². The number of thiophene rings is 1. The van der Waals surface area contributed by atoms with Crippen molar-refractivity contribution < 1.29 is 19.1 Å². The first-order valence-corrected chi connectivity index (χ1v) is 11.1. The summed E-state index contributed by atoms with van der Waals surface area (Å²) in [4.78, 5) is 42.0. The number of carbonyl (C=O) groups is 3. The van der Waals surface area contributed by atoms with Gasteiger partial charge in [-0.3, -0.25) is 14.4 Å². The molecule has 0 saturated heterocycles. The zero-order valence-corrected chi connectivity index (χ0v) is 18.7. The van der Waals surface area contributed by atoms with Crippen LogP contribution >= 0.6 is 11.3 Å². The summed E-state index contributed by atoms with van der Waals surface area (Å²) in [5.41, 5.74) is 2.64. The highest BCUT2D eigenvalue weighted by atomic mass is 32.1. The van der Waals surface area contributed by atoms with Crippen LogP contribution in [0.25, 0.3) is 0 Å². The molecule has 2 amide bonds. The number of rotatable bonds is 7. The summed E-state index contributed by atoms with van der Waals surface area (Å²) in [6.07, 6.45) is 1.50. The van der Waals surface area contributed by atoms with Crippen LogP contribution in [0.2, 0.25) is 0 Å². The van der Waals surface area contributed by atoms with E-state index in [-0.39, 0.29) is 31.4 Å². The molecule has 1 atom stereocenters. The molecule has 1 aromatic carbocycles. The maximum Gasteiger partial charge on any atom is 0.307 e. The number of hydrogen-bond acceptors (Lipinski definition) is 6. The van der Waals surface area contributed by atoms with Gasteiger partial charge in [0.1, 0.15) is 6.54 Å². The lowest BCUT2D eigenvalue weighted by Gasteiger charge is -2.26. The maximum atomic E-state index is 13.3. The lowest BCUT2D eigenvalue weighted by molar-refractivity contribution is -0.144. The number of amides is 2. The summed E-state index contributed by atoms with van der Waals surface area (Å²) >= 11 is 1.55. The predicted octanol–water partition coefficient (Wildman–Crippen LogP) is 3.17. The fourth-order valence-corrected chi connectivity index (χ4v) is 4.39. The van der Waals surface area contributed by atoms with Gasteiger partial charge in [0.25, 0.3) is 5.91 Å². The van der Waals surface area contributed by atoms with Crippen LogP contribution in [0.15, 0.2) is 29.6 Å². The highest BCUT2D eigenvalue weighted by Crippen LogP contribution is 2.28. The normalized spacial score (nSPS) is 14.6.